The topological polar surface area (TPSA) is 20.3 Å². The van der Waals surface area contributed by atoms with E-state index in [0.717, 1.165) is 25.8 Å². The first-order valence-electron chi connectivity index (χ1n) is 4.23. The monoisotopic (exact) mass is 151 g/mol. The van der Waals surface area contributed by atoms with Crippen molar-refractivity contribution in [3.63, 3.8) is 0 Å². The summed E-state index contributed by atoms with van der Waals surface area (Å²) in [6.45, 7) is 4.74. The maximum absolute atomic E-state index is 11.3. The lowest BCUT2D eigenvalue weighted by Crippen LogP contribution is -2.38. The highest BCUT2D eigenvalue weighted by atomic mass is 16.2. The van der Waals surface area contributed by atoms with Crippen molar-refractivity contribution >= 4 is 5.91 Å². The minimum absolute atomic E-state index is 0.333. The van der Waals surface area contributed by atoms with Gasteiger partial charge in [0.15, 0.2) is 0 Å². The van der Waals surface area contributed by atoms with Crippen LogP contribution in [0.15, 0.2) is 12.2 Å². The van der Waals surface area contributed by atoms with Crippen LogP contribution in [0, 0.1) is 0 Å². The second kappa shape index (κ2) is 2.36. The minimum atomic E-state index is 0.333. The van der Waals surface area contributed by atoms with Crippen LogP contribution in [0.5, 0.6) is 0 Å². The molecule has 2 aliphatic rings. The Labute approximate surface area is 66.9 Å². The third-order valence-corrected chi connectivity index (χ3v) is 2.61. The first-order valence-corrected chi connectivity index (χ1v) is 4.23. The Balaban J connectivity index is 2.15. The molecular formula is C9H13NO. The fourth-order valence-corrected chi connectivity index (χ4v) is 2.06. The molecule has 0 N–H and O–H groups in total. The van der Waals surface area contributed by atoms with Gasteiger partial charge < -0.3 is 4.90 Å². The van der Waals surface area contributed by atoms with Crippen LogP contribution in [0.4, 0.5) is 0 Å². The first-order chi connectivity index (χ1) is 5.27. The third kappa shape index (κ3) is 1.06. The molecule has 0 radical (unpaired) electrons. The van der Waals surface area contributed by atoms with E-state index in [1.807, 2.05) is 4.90 Å². The lowest BCUT2D eigenvalue weighted by Gasteiger charge is -2.28. The Hall–Kier alpha value is -0.790. The van der Waals surface area contributed by atoms with E-state index in [1.54, 1.807) is 0 Å². The number of nitrogens with zero attached hydrogens (tertiary/aromatic N) is 1. The van der Waals surface area contributed by atoms with Crippen LogP contribution in [-0.4, -0.2) is 23.4 Å². The Morgan fingerprint density at radius 2 is 2.36 bits per heavy atom. The predicted octanol–water partition coefficient (Wildman–Crippen LogP) is 1.33. The predicted molar refractivity (Wildman–Crippen MR) is 43.1 cm³/mol. The van der Waals surface area contributed by atoms with Gasteiger partial charge in [0, 0.05) is 19.0 Å². The molecule has 0 aromatic rings. The maximum Gasteiger partial charge on any atom is 0.223 e. The molecule has 2 nitrogen and oxygen atoms in total. The van der Waals surface area contributed by atoms with Crippen molar-refractivity contribution < 1.29 is 4.79 Å². The number of piperidine rings is 1. The Kier molecular flexibility index (Phi) is 1.48. The van der Waals surface area contributed by atoms with E-state index in [4.69, 9.17) is 0 Å². The number of hydrogen-bond donors (Lipinski definition) is 0. The van der Waals surface area contributed by atoms with Gasteiger partial charge in [-0.05, 0) is 19.3 Å². The summed E-state index contributed by atoms with van der Waals surface area (Å²) in [4.78, 5) is 13.3. The fourth-order valence-electron chi connectivity index (χ4n) is 2.06. The molecule has 2 fully saturated rings. The second-order valence-electron chi connectivity index (χ2n) is 3.52. The van der Waals surface area contributed by atoms with E-state index in [-0.39, 0.29) is 0 Å². The summed E-state index contributed by atoms with van der Waals surface area (Å²) in [5, 5.41) is 0. The van der Waals surface area contributed by atoms with Crippen molar-refractivity contribution in [2.24, 2.45) is 0 Å². The molecule has 0 spiro atoms. The average molecular weight is 151 g/mol. The number of amides is 1. The van der Waals surface area contributed by atoms with Crippen LogP contribution in [0.25, 0.3) is 0 Å². The summed E-state index contributed by atoms with van der Waals surface area (Å²) < 4.78 is 0. The molecule has 0 bridgehead atoms. The first kappa shape index (κ1) is 6.89. The summed E-state index contributed by atoms with van der Waals surface area (Å²) in [6, 6.07) is 0.503. The molecule has 2 heterocycles. The molecular weight excluding hydrogens is 138 g/mol. The van der Waals surface area contributed by atoms with Crippen LogP contribution >= 0.6 is 0 Å². The van der Waals surface area contributed by atoms with Crippen molar-refractivity contribution in [1.82, 2.24) is 4.90 Å². The molecule has 0 aliphatic carbocycles. The maximum atomic E-state index is 11.3. The number of hydrogen-bond acceptors (Lipinski definition) is 1. The highest BCUT2D eigenvalue weighted by molar-refractivity contribution is 5.78. The van der Waals surface area contributed by atoms with Crippen molar-refractivity contribution in [3.8, 4) is 0 Å². The summed E-state index contributed by atoms with van der Waals surface area (Å²) in [7, 11) is 0. The zero-order valence-corrected chi connectivity index (χ0v) is 6.68. The zero-order valence-electron chi connectivity index (χ0n) is 6.68. The van der Waals surface area contributed by atoms with Crippen LogP contribution in [0.2, 0.25) is 0 Å². The molecule has 11 heavy (non-hydrogen) atoms. The molecule has 2 aliphatic heterocycles. The van der Waals surface area contributed by atoms with E-state index in [0.29, 0.717) is 11.9 Å². The van der Waals surface area contributed by atoms with E-state index < -0.39 is 0 Å². The van der Waals surface area contributed by atoms with Gasteiger partial charge in [-0.15, -0.1) is 0 Å². The number of carbonyl (C=O) groups is 1. The standard InChI is InChI=1S/C9H13NO/c1-7-5-8-3-2-4-9(11)10(8)6-7/h8H,1-6H2. The Morgan fingerprint density at radius 1 is 1.55 bits per heavy atom. The molecule has 1 atom stereocenters. The molecule has 2 heteroatoms. The average Bonchev–Trinajstić information content (AvgIpc) is 2.31. The van der Waals surface area contributed by atoms with Gasteiger partial charge >= 0.3 is 0 Å². The molecule has 0 aromatic heterocycles. The van der Waals surface area contributed by atoms with Gasteiger partial charge in [-0.25, -0.2) is 0 Å². The molecule has 0 saturated carbocycles. The molecule has 1 amide bonds. The van der Waals surface area contributed by atoms with E-state index in [2.05, 4.69) is 6.58 Å². The Bertz CT molecular complexity index is 210. The SMILES string of the molecule is C=C1CC2CCCC(=O)N2C1. The number of rotatable bonds is 0. The number of fused-ring (bicyclic) bond motifs is 1. The molecule has 2 saturated heterocycles. The van der Waals surface area contributed by atoms with Crippen molar-refractivity contribution in [2.75, 3.05) is 6.54 Å². The summed E-state index contributed by atoms with van der Waals surface area (Å²) in [5.74, 6) is 0.333. The summed E-state index contributed by atoms with van der Waals surface area (Å²) in [5.41, 5.74) is 1.23. The normalized spacial score (nSPS) is 30.9. The molecule has 1 unspecified atom stereocenters. The minimum Gasteiger partial charge on any atom is -0.335 e. The highest BCUT2D eigenvalue weighted by Crippen LogP contribution is 2.29. The quantitative estimate of drug-likeness (QED) is 0.478. The Morgan fingerprint density at radius 3 is 3.09 bits per heavy atom. The smallest absolute Gasteiger partial charge is 0.223 e. The van der Waals surface area contributed by atoms with Crippen molar-refractivity contribution in [3.05, 3.63) is 12.2 Å². The van der Waals surface area contributed by atoms with E-state index >= 15 is 0 Å². The van der Waals surface area contributed by atoms with Gasteiger partial charge in [0.05, 0.1) is 0 Å². The third-order valence-electron chi connectivity index (χ3n) is 2.61. The van der Waals surface area contributed by atoms with Crippen LogP contribution in [0.3, 0.4) is 0 Å². The van der Waals surface area contributed by atoms with E-state index in [9.17, 15) is 4.79 Å². The van der Waals surface area contributed by atoms with Gasteiger partial charge in [0.2, 0.25) is 5.91 Å². The molecule has 0 aromatic carbocycles. The summed E-state index contributed by atoms with van der Waals surface area (Å²) >= 11 is 0. The van der Waals surface area contributed by atoms with Gasteiger partial charge in [0.25, 0.3) is 0 Å². The lowest BCUT2D eigenvalue weighted by molar-refractivity contribution is -0.134. The largest absolute Gasteiger partial charge is 0.335 e. The number of carbonyl (C=O) groups excluding carboxylic acids is 1. The fraction of sp³-hybridized carbons (Fsp3) is 0.667. The van der Waals surface area contributed by atoms with Gasteiger partial charge in [-0.1, -0.05) is 12.2 Å². The lowest BCUT2D eigenvalue weighted by atomic mass is 10.0. The van der Waals surface area contributed by atoms with Crippen LogP contribution < -0.4 is 0 Å². The summed E-state index contributed by atoms with van der Waals surface area (Å²) in [6.07, 6.45) is 4.06. The van der Waals surface area contributed by atoms with Gasteiger partial charge in [0.1, 0.15) is 0 Å². The van der Waals surface area contributed by atoms with Crippen molar-refractivity contribution in [2.45, 2.75) is 31.7 Å². The zero-order chi connectivity index (χ0) is 7.84. The van der Waals surface area contributed by atoms with Gasteiger partial charge in [-0.3, -0.25) is 4.79 Å². The van der Waals surface area contributed by atoms with Crippen LogP contribution in [0.1, 0.15) is 25.7 Å². The van der Waals surface area contributed by atoms with Gasteiger partial charge in [-0.2, -0.15) is 0 Å². The molecule has 2 rings (SSSR count). The molecule has 60 valence electrons. The van der Waals surface area contributed by atoms with E-state index in [1.165, 1.54) is 12.0 Å². The second-order valence-corrected chi connectivity index (χ2v) is 3.52. The highest BCUT2D eigenvalue weighted by Gasteiger charge is 2.33. The van der Waals surface area contributed by atoms with Crippen molar-refractivity contribution in [1.29, 1.82) is 0 Å². The van der Waals surface area contributed by atoms with Crippen LogP contribution in [-0.2, 0) is 4.79 Å².